The molecule has 92 valence electrons. The van der Waals surface area contributed by atoms with E-state index in [4.69, 9.17) is 5.73 Å². The van der Waals surface area contributed by atoms with E-state index in [1.165, 1.54) is 0 Å². The van der Waals surface area contributed by atoms with Gasteiger partial charge in [0.2, 0.25) is 0 Å². The quantitative estimate of drug-likeness (QED) is 0.503. The molecule has 18 heavy (non-hydrogen) atoms. The van der Waals surface area contributed by atoms with Crippen molar-refractivity contribution in [1.82, 2.24) is 0 Å². The molecule has 0 aliphatic carbocycles. The lowest BCUT2D eigenvalue weighted by atomic mass is 10.2. The van der Waals surface area contributed by atoms with E-state index in [0.717, 1.165) is 4.90 Å². The number of rotatable bonds is 2. The van der Waals surface area contributed by atoms with Crippen molar-refractivity contribution in [1.29, 1.82) is 0 Å². The van der Waals surface area contributed by atoms with Crippen LogP contribution in [0.5, 0.6) is 0 Å². The lowest BCUT2D eigenvalue weighted by Crippen LogP contribution is -2.12. The van der Waals surface area contributed by atoms with E-state index in [9.17, 15) is 4.79 Å². The maximum atomic E-state index is 12.0. The molecule has 5 heteroatoms. The van der Waals surface area contributed by atoms with E-state index in [1.807, 2.05) is 12.1 Å². The Morgan fingerprint density at radius 3 is 2.33 bits per heavy atom. The molecule has 1 amide bonds. The van der Waals surface area contributed by atoms with Gasteiger partial charge < -0.3 is 11.1 Å². The molecule has 0 aromatic heterocycles. The van der Waals surface area contributed by atoms with Crippen LogP contribution in [0.25, 0.3) is 0 Å². The molecule has 0 atom stereocenters. The summed E-state index contributed by atoms with van der Waals surface area (Å²) in [6.07, 6.45) is 0. The van der Waals surface area contributed by atoms with Crippen molar-refractivity contribution >= 4 is 42.5 Å². The maximum absolute atomic E-state index is 12.0. The molecule has 3 nitrogen and oxygen atoms in total. The number of nitrogens with two attached hydrogens (primary N) is 1. The third-order valence-corrected chi connectivity index (χ3v) is 3.12. The van der Waals surface area contributed by atoms with Gasteiger partial charge in [-0.05, 0) is 42.5 Å². The molecule has 2 rings (SSSR count). The van der Waals surface area contributed by atoms with E-state index in [0.29, 0.717) is 21.8 Å². The standard InChI is InChI=1S/C13H12N2OS2/c14-11-7-8(1-6-12(11)18)13(16)15-9-2-4-10(17)5-3-9/h1-7,17-18H,14H2,(H,15,16). The molecular weight excluding hydrogens is 264 g/mol. The highest BCUT2D eigenvalue weighted by Crippen LogP contribution is 2.19. The smallest absolute Gasteiger partial charge is 0.255 e. The van der Waals surface area contributed by atoms with Crippen LogP contribution in [0.3, 0.4) is 0 Å². The van der Waals surface area contributed by atoms with Gasteiger partial charge >= 0.3 is 0 Å². The lowest BCUT2D eigenvalue weighted by molar-refractivity contribution is 0.102. The highest BCUT2D eigenvalue weighted by molar-refractivity contribution is 7.80. The third-order valence-electron chi connectivity index (χ3n) is 2.41. The Labute approximate surface area is 116 Å². The molecule has 0 spiro atoms. The second-order valence-electron chi connectivity index (χ2n) is 3.77. The molecule has 0 bridgehead atoms. The van der Waals surface area contributed by atoms with Crippen molar-refractivity contribution in [2.75, 3.05) is 11.1 Å². The minimum atomic E-state index is -0.207. The maximum Gasteiger partial charge on any atom is 0.255 e. The van der Waals surface area contributed by atoms with Crippen LogP contribution < -0.4 is 11.1 Å². The number of amides is 1. The molecular formula is C13H12N2OS2. The Morgan fingerprint density at radius 2 is 1.72 bits per heavy atom. The Bertz CT molecular complexity index is 582. The summed E-state index contributed by atoms with van der Waals surface area (Å²) in [6.45, 7) is 0. The number of nitrogens with one attached hydrogen (secondary N) is 1. The Hall–Kier alpha value is -1.59. The van der Waals surface area contributed by atoms with E-state index in [1.54, 1.807) is 30.3 Å². The summed E-state index contributed by atoms with van der Waals surface area (Å²) in [5.41, 5.74) is 7.40. The molecule has 0 unspecified atom stereocenters. The van der Waals surface area contributed by atoms with Gasteiger partial charge in [-0.25, -0.2) is 0 Å². The predicted molar refractivity (Wildman–Crippen MR) is 79.8 cm³/mol. The van der Waals surface area contributed by atoms with Gasteiger partial charge in [-0.15, -0.1) is 25.3 Å². The van der Waals surface area contributed by atoms with Gasteiger partial charge in [0.15, 0.2) is 0 Å². The molecule has 0 radical (unpaired) electrons. The van der Waals surface area contributed by atoms with Crippen LogP contribution >= 0.6 is 25.3 Å². The van der Waals surface area contributed by atoms with Crippen molar-refractivity contribution in [3.63, 3.8) is 0 Å². The molecule has 0 heterocycles. The van der Waals surface area contributed by atoms with Gasteiger partial charge in [-0.2, -0.15) is 0 Å². The Morgan fingerprint density at radius 1 is 1.06 bits per heavy atom. The highest BCUT2D eigenvalue weighted by atomic mass is 32.1. The lowest BCUT2D eigenvalue weighted by Gasteiger charge is -2.07. The normalized spacial score (nSPS) is 10.1. The highest BCUT2D eigenvalue weighted by Gasteiger charge is 2.07. The first-order valence-electron chi connectivity index (χ1n) is 5.25. The van der Waals surface area contributed by atoms with E-state index < -0.39 is 0 Å². The summed E-state index contributed by atoms with van der Waals surface area (Å²) in [5, 5.41) is 2.78. The van der Waals surface area contributed by atoms with Gasteiger partial charge in [0.05, 0.1) is 0 Å². The molecule has 0 fully saturated rings. The molecule has 0 aliphatic heterocycles. The first-order valence-corrected chi connectivity index (χ1v) is 6.14. The number of hydrogen-bond acceptors (Lipinski definition) is 4. The minimum absolute atomic E-state index is 0.207. The van der Waals surface area contributed by atoms with Gasteiger partial charge in [0.1, 0.15) is 0 Å². The van der Waals surface area contributed by atoms with E-state index in [2.05, 4.69) is 30.6 Å². The van der Waals surface area contributed by atoms with E-state index >= 15 is 0 Å². The van der Waals surface area contributed by atoms with Crippen LogP contribution in [0, 0.1) is 0 Å². The van der Waals surface area contributed by atoms with Gasteiger partial charge in [-0.1, -0.05) is 0 Å². The van der Waals surface area contributed by atoms with Gasteiger partial charge in [0.25, 0.3) is 5.91 Å². The fourth-order valence-electron chi connectivity index (χ4n) is 1.44. The number of nitrogen functional groups attached to an aromatic ring is 1. The Kier molecular flexibility index (Phi) is 3.84. The largest absolute Gasteiger partial charge is 0.398 e. The Balaban J connectivity index is 2.16. The number of benzene rings is 2. The summed E-state index contributed by atoms with van der Waals surface area (Å²) in [7, 11) is 0. The number of carbonyl (C=O) groups is 1. The molecule has 0 saturated heterocycles. The van der Waals surface area contributed by atoms with Crippen molar-refractivity contribution in [3.8, 4) is 0 Å². The van der Waals surface area contributed by atoms with Crippen LogP contribution in [0.2, 0.25) is 0 Å². The van der Waals surface area contributed by atoms with Crippen molar-refractivity contribution < 1.29 is 4.79 Å². The van der Waals surface area contributed by atoms with Crippen molar-refractivity contribution in [2.24, 2.45) is 0 Å². The topological polar surface area (TPSA) is 55.1 Å². The first kappa shape index (κ1) is 12.9. The van der Waals surface area contributed by atoms with Crippen LogP contribution in [0.4, 0.5) is 11.4 Å². The van der Waals surface area contributed by atoms with Crippen LogP contribution in [0.1, 0.15) is 10.4 Å². The van der Waals surface area contributed by atoms with Crippen LogP contribution in [0.15, 0.2) is 52.3 Å². The second-order valence-corrected chi connectivity index (χ2v) is 4.77. The number of thiol groups is 2. The van der Waals surface area contributed by atoms with Crippen molar-refractivity contribution in [2.45, 2.75) is 9.79 Å². The molecule has 0 aliphatic rings. The predicted octanol–water partition coefficient (Wildman–Crippen LogP) is 3.10. The summed E-state index contributed by atoms with van der Waals surface area (Å²) < 4.78 is 0. The van der Waals surface area contributed by atoms with Gasteiger partial charge in [0, 0.05) is 26.7 Å². The number of anilines is 2. The summed E-state index contributed by atoms with van der Waals surface area (Å²) in [6, 6.07) is 12.2. The minimum Gasteiger partial charge on any atom is -0.398 e. The van der Waals surface area contributed by atoms with E-state index in [-0.39, 0.29) is 5.91 Å². The summed E-state index contributed by atoms with van der Waals surface area (Å²) in [4.78, 5) is 13.5. The average molecular weight is 276 g/mol. The first-order chi connectivity index (χ1) is 8.56. The zero-order valence-electron chi connectivity index (χ0n) is 9.42. The van der Waals surface area contributed by atoms with Crippen molar-refractivity contribution in [3.05, 3.63) is 48.0 Å². The summed E-state index contributed by atoms with van der Waals surface area (Å²) >= 11 is 8.34. The average Bonchev–Trinajstić information content (AvgIpc) is 2.35. The fraction of sp³-hybridized carbons (Fsp3) is 0. The van der Waals surface area contributed by atoms with Crippen LogP contribution in [-0.2, 0) is 0 Å². The summed E-state index contributed by atoms with van der Waals surface area (Å²) in [5.74, 6) is -0.207. The second kappa shape index (κ2) is 5.37. The SMILES string of the molecule is Nc1cc(C(=O)Nc2ccc(S)cc2)ccc1S. The molecule has 2 aromatic rings. The zero-order chi connectivity index (χ0) is 13.1. The molecule has 2 aromatic carbocycles. The third kappa shape index (κ3) is 3.00. The van der Waals surface area contributed by atoms with Gasteiger partial charge in [-0.3, -0.25) is 4.79 Å². The number of carbonyl (C=O) groups excluding carboxylic acids is 1. The molecule has 3 N–H and O–H groups in total. The fourth-order valence-corrected chi connectivity index (χ4v) is 1.73. The number of hydrogen-bond donors (Lipinski definition) is 4. The monoisotopic (exact) mass is 276 g/mol. The zero-order valence-corrected chi connectivity index (χ0v) is 11.2. The molecule has 0 saturated carbocycles. The van der Waals surface area contributed by atoms with Crippen LogP contribution in [-0.4, -0.2) is 5.91 Å².